The van der Waals surface area contributed by atoms with Gasteiger partial charge in [0, 0.05) is 6.20 Å². The van der Waals surface area contributed by atoms with Crippen molar-refractivity contribution in [1.29, 1.82) is 0 Å². The van der Waals surface area contributed by atoms with Gasteiger partial charge in [-0.25, -0.2) is 24.3 Å². The van der Waals surface area contributed by atoms with E-state index < -0.39 is 6.10 Å². The second-order valence-corrected chi connectivity index (χ2v) is 5.87. The van der Waals surface area contributed by atoms with E-state index in [0.29, 0.717) is 35.5 Å². The standard InChI is InChI=1S/C17H17N5O2/c1-2-8-21-17(24)12-9-18-10-19-16(12)22(21)14-7-6-11-4-3-5-13(23)15(11)20-14/h2,6-7,9-10,13,23H,1,3-5,8H2. The fourth-order valence-corrected chi connectivity index (χ4v) is 3.24. The topological polar surface area (TPSA) is 85.8 Å². The van der Waals surface area contributed by atoms with Crippen LogP contribution >= 0.6 is 0 Å². The van der Waals surface area contributed by atoms with Gasteiger partial charge in [0.15, 0.2) is 11.5 Å². The molecule has 7 heteroatoms. The Kier molecular flexibility index (Phi) is 3.50. The molecule has 0 amide bonds. The highest BCUT2D eigenvalue weighted by Gasteiger charge is 2.22. The van der Waals surface area contributed by atoms with Crippen LogP contribution in [0.25, 0.3) is 16.9 Å². The highest BCUT2D eigenvalue weighted by Crippen LogP contribution is 2.29. The van der Waals surface area contributed by atoms with E-state index in [-0.39, 0.29) is 5.56 Å². The number of hydrogen-bond donors (Lipinski definition) is 1. The molecule has 0 radical (unpaired) electrons. The average Bonchev–Trinajstić information content (AvgIpc) is 2.88. The van der Waals surface area contributed by atoms with Gasteiger partial charge < -0.3 is 5.11 Å². The second kappa shape index (κ2) is 5.68. The van der Waals surface area contributed by atoms with Gasteiger partial charge in [-0.3, -0.25) is 4.79 Å². The van der Waals surface area contributed by atoms with Crippen molar-refractivity contribution < 1.29 is 5.11 Å². The molecule has 0 bridgehead atoms. The normalized spacial score (nSPS) is 17.0. The summed E-state index contributed by atoms with van der Waals surface area (Å²) in [6, 6.07) is 3.83. The predicted molar refractivity (Wildman–Crippen MR) is 89.0 cm³/mol. The highest BCUT2D eigenvalue weighted by molar-refractivity contribution is 5.74. The van der Waals surface area contributed by atoms with Crippen molar-refractivity contribution in [2.75, 3.05) is 0 Å². The quantitative estimate of drug-likeness (QED) is 0.739. The Balaban J connectivity index is 2.00. The lowest BCUT2D eigenvalue weighted by atomic mass is 9.94. The minimum absolute atomic E-state index is 0.189. The molecular formula is C17H17N5O2. The van der Waals surface area contributed by atoms with E-state index in [1.54, 1.807) is 10.8 Å². The van der Waals surface area contributed by atoms with Crippen molar-refractivity contribution in [3.05, 3.63) is 58.9 Å². The zero-order valence-corrected chi connectivity index (χ0v) is 13.1. The van der Waals surface area contributed by atoms with Gasteiger partial charge in [-0.2, -0.15) is 0 Å². The van der Waals surface area contributed by atoms with Crippen LogP contribution in [-0.2, 0) is 13.0 Å². The van der Waals surface area contributed by atoms with E-state index >= 15 is 0 Å². The van der Waals surface area contributed by atoms with Crippen LogP contribution in [-0.4, -0.2) is 29.4 Å². The van der Waals surface area contributed by atoms with Gasteiger partial charge in [0.25, 0.3) is 5.56 Å². The lowest BCUT2D eigenvalue weighted by molar-refractivity contribution is 0.151. The minimum atomic E-state index is -0.565. The van der Waals surface area contributed by atoms with E-state index in [1.807, 2.05) is 12.1 Å². The summed E-state index contributed by atoms with van der Waals surface area (Å²) in [4.78, 5) is 25.4. The van der Waals surface area contributed by atoms with Crippen LogP contribution in [0.15, 0.2) is 42.1 Å². The van der Waals surface area contributed by atoms with Gasteiger partial charge >= 0.3 is 0 Å². The minimum Gasteiger partial charge on any atom is -0.387 e. The third kappa shape index (κ3) is 2.16. The Morgan fingerprint density at radius 3 is 3.12 bits per heavy atom. The summed E-state index contributed by atoms with van der Waals surface area (Å²) in [6.45, 7) is 4.04. The number of rotatable bonds is 3. The fraction of sp³-hybridized carbons (Fsp3) is 0.294. The number of pyridine rings is 1. The van der Waals surface area contributed by atoms with Crippen molar-refractivity contribution in [3.63, 3.8) is 0 Å². The summed E-state index contributed by atoms with van der Waals surface area (Å²) >= 11 is 0. The summed E-state index contributed by atoms with van der Waals surface area (Å²) in [5.74, 6) is 0.558. The molecule has 1 N–H and O–H groups in total. The van der Waals surface area contributed by atoms with Crippen molar-refractivity contribution in [2.24, 2.45) is 0 Å². The van der Waals surface area contributed by atoms with Crippen LogP contribution in [0.5, 0.6) is 0 Å². The largest absolute Gasteiger partial charge is 0.387 e. The fourth-order valence-electron chi connectivity index (χ4n) is 3.24. The zero-order chi connectivity index (χ0) is 16.7. The third-order valence-electron chi connectivity index (χ3n) is 4.35. The van der Waals surface area contributed by atoms with Crippen molar-refractivity contribution in [1.82, 2.24) is 24.3 Å². The van der Waals surface area contributed by atoms with Crippen LogP contribution in [0.1, 0.15) is 30.2 Å². The zero-order valence-electron chi connectivity index (χ0n) is 13.1. The Labute approximate surface area is 137 Å². The molecule has 0 aromatic carbocycles. The Hall–Kier alpha value is -2.80. The third-order valence-corrected chi connectivity index (χ3v) is 4.35. The molecule has 7 nitrogen and oxygen atoms in total. The maximum absolute atomic E-state index is 12.6. The number of nitrogens with zero attached hydrogens (tertiary/aromatic N) is 5. The highest BCUT2D eigenvalue weighted by atomic mass is 16.3. The Morgan fingerprint density at radius 2 is 2.29 bits per heavy atom. The summed E-state index contributed by atoms with van der Waals surface area (Å²) < 4.78 is 3.19. The van der Waals surface area contributed by atoms with Gasteiger partial charge in [0.05, 0.1) is 18.3 Å². The van der Waals surface area contributed by atoms with Gasteiger partial charge in [-0.15, -0.1) is 6.58 Å². The van der Waals surface area contributed by atoms with E-state index in [0.717, 1.165) is 18.4 Å². The predicted octanol–water partition coefficient (Wildman–Crippen LogP) is 1.53. The van der Waals surface area contributed by atoms with Gasteiger partial charge in [-0.1, -0.05) is 12.1 Å². The van der Waals surface area contributed by atoms with Crippen molar-refractivity contribution in [3.8, 4) is 5.82 Å². The first kappa shape index (κ1) is 14.8. The molecule has 3 aromatic heterocycles. The van der Waals surface area contributed by atoms with E-state index in [1.165, 1.54) is 17.2 Å². The van der Waals surface area contributed by atoms with Crippen molar-refractivity contribution in [2.45, 2.75) is 31.9 Å². The number of fused-ring (bicyclic) bond motifs is 2. The van der Waals surface area contributed by atoms with Gasteiger partial charge in [0.1, 0.15) is 11.7 Å². The monoisotopic (exact) mass is 323 g/mol. The molecule has 1 atom stereocenters. The molecule has 3 aromatic rings. The Bertz CT molecular complexity index is 988. The number of aryl methyl sites for hydroxylation is 1. The summed E-state index contributed by atoms with van der Waals surface area (Å²) in [7, 11) is 0. The van der Waals surface area contributed by atoms with Crippen LogP contribution in [0.3, 0.4) is 0 Å². The van der Waals surface area contributed by atoms with Crippen LogP contribution < -0.4 is 5.56 Å². The number of aliphatic hydroxyl groups excluding tert-OH is 1. The lowest BCUT2D eigenvalue weighted by Gasteiger charge is -2.21. The molecule has 0 saturated heterocycles. The molecule has 1 aliphatic carbocycles. The first-order valence-corrected chi connectivity index (χ1v) is 7.91. The van der Waals surface area contributed by atoms with E-state index in [9.17, 15) is 9.90 Å². The molecule has 3 heterocycles. The number of aromatic nitrogens is 5. The molecule has 0 saturated carbocycles. The molecule has 0 spiro atoms. The lowest BCUT2D eigenvalue weighted by Crippen LogP contribution is -2.23. The van der Waals surface area contributed by atoms with Crippen LogP contribution in [0.4, 0.5) is 0 Å². The van der Waals surface area contributed by atoms with Crippen LogP contribution in [0, 0.1) is 0 Å². The molecular weight excluding hydrogens is 306 g/mol. The molecule has 0 aliphatic heterocycles. The maximum Gasteiger partial charge on any atom is 0.278 e. The SMILES string of the molecule is C=CCn1c(=O)c2cncnc2n1-c1ccc2c(n1)C(O)CCC2. The Morgan fingerprint density at radius 1 is 1.42 bits per heavy atom. The molecule has 24 heavy (non-hydrogen) atoms. The average molecular weight is 323 g/mol. The van der Waals surface area contributed by atoms with Crippen molar-refractivity contribution >= 4 is 11.0 Å². The number of aliphatic hydroxyl groups is 1. The van der Waals surface area contributed by atoms with Gasteiger partial charge in [-0.05, 0) is 30.9 Å². The molecule has 1 aliphatic rings. The number of hydrogen-bond acceptors (Lipinski definition) is 5. The van der Waals surface area contributed by atoms with Crippen LogP contribution in [0.2, 0.25) is 0 Å². The second-order valence-electron chi connectivity index (χ2n) is 5.87. The maximum atomic E-state index is 12.6. The first-order valence-electron chi connectivity index (χ1n) is 7.91. The summed E-state index contributed by atoms with van der Waals surface area (Å²) in [5, 5.41) is 10.7. The summed E-state index contributed by atoms with van der Waals surface area (Å²) in [5.41, 5.74) is 2.05. The smallest absolute Gasteiger partial charge is 0.278 e. The summed E-state index contributed by atoms with van der Waals surface area (Å²) in [6.07, 6.45) is 6.57. The molecule has 122 valence electrons. The van der Waals surface area contributed by atoms with E-state index in [2.05, 4.69) is 21.5 Å². The first-order chi connectivity index (χ1) is 11.7. The molecule has 1 unspecified atom stereocenters. The van der Waals surface area contributed by atoms with Gasteiger partial charge in [0.2, 0.25) is 0 Å². The van der Waals surface area contributed by atoms with E-state index in [4.69, 9.17) is 0 Å². The number of allylic oxidation sites excluding steroid dienone is 1. The molecule has 4 rings (SSSR count). The molecule has 0 fully saturated rings.